The van der Waals surface area contributed by atoms with Gasteiger partial charge in [0.2, 0.25) is 11.5 Å². The summed E-state index contributed by atoms with van der Waals surface area (Å²) in [4.78, 5) is 25.1. The third-order valence-electron chi connectivity index (χ3n) is 9.26. The van der Waals surface area contributed by atoms with Crippen molar-refractivity contribution in [3.8, 4) is 11.6 Å². The van der Waals surface area contributed by atoms with Crippen LogP contribution < -0.4 is 20.0 Å². The zero-order chi connectivity index (χ0) is 36.5. The molecule has 3 aromatic rings. The number of rotatable bonds is 11. The van der Waals surface area contributed by atoms with Crippen LogP contribution in [0.1, 0.15) is 112 Å². The van der Waals surface area contributed by atoms with Crippen molar-refractivity contribution in [2.24, 2.45) is 0 Å². The fourth-order valence-corrected chi connectivity index (χ4v) is 6.22. The van der Waals surface area contributed by atoms with Gasteiger partial charge in [0, 0.05) is 35.3 Å². The third-order valence-corrected chi connectivity index (χ3v) is 9.26. The molecule has 0 atom stereocenters. The average molecular weight is 705 g/mol. The molecule has 1 saturated heterocycles. The maximum absolute atomic E-state index is 14.0. The Bertz CT molecular complexity index is 1780. The number of carbonyl (C=O) groups is 2. The number of hydrogen-bond donors (Lipinski definition) is 2. The quantitative estimate of drug-likeness (QED) is 0.230. The molecule has 50 heavy (non-hydrogen) atoms. The van der Waals surface area contributed by atoms with E-state index in [0.29, 0.717) is 42.1 Å². The second kappa shape index (κ2) is 14.6. The van der Waals surface area contributed by atoms with E-state index in [9.17, 15) is 18.0 Å². The average Bonchev–Trinajstić information content (AvgIpc) is 4.01. The Morgan fingerprint density at radius 3 is 2.10 bits per heavy atom. The van der Waals surface area contributed by atoms with Crippen LogP contribution in [0.4, 0.5) is 18.9 Å². The van der Waals surface area contributed by atoms with Crippen LogP contribution in [0.25, 0.3) is 5.65 Å². The van der Waals surface area contributed by atoms with Crippen molar-refractivity contribution in [3.63, 3.8) is 0 Å². The number of nitrogens with zero attached hydrogens (tertiary/aromatic N) is 5. The van der Waals surface area contributed by atoms with Crippen LogP contribution in [0.3, 0.4) is 0 Å². The Hall–Kier alpha value is -4.14. The fraction of sp³-hybridized carbons (Fsp3) is 0.629. The van der Waals surface area contributed by atoms with E-state index < -0.39 is 12.1 Å². The zero-order valence-electron chi connectivity index (χ0n) is 29.5. The Labute approximate surface area is 289 Å². The van der Waals surface area contributed by atoms with Gasteiger partial charge in [-0.15, -0.1) is 10.2 Å². The molecule has 3 heterocycles. The Kier molecular flexibility index (Phi) is 10.8. The fourth-order valence-electron chi connectivity index (χ4n) is 6.22. The minimum absolute atomic E-state index is 0.0493. The largest absolute Gasteiger partial charge is 0.494 e. The van der Waals surface area contributed by atoms with Crippen molar-refractivity contribution in [3.05, 3.63) is 40.0 Å². The number of morpholine rings is 1. The van der Waals surface area contributed by atoms with Crippen molar-refractivity contribution in [2.75, 3.05) is 38.3 Å². The van der Waals surface area contributed by atoms with E-state index >= 15 is 0 Å². The zero-order valence-corrected chi connectivity index (χ0v) is 29.5. The van der Waals surface area contributed by atoms with Crippen molar-refractivity contribution in [1.82, 2.24) is 19.4 Å². The highest BCUT2D eigenvalue weighted by Crippen LogP contribution is 2.53. The number of halogens is 3. The van der Waals surface area contributed by atoms with Gasteiger partial charge in [-0.2, -0.15) is 17.7 Å². The van der Waals surface area contributed by atoms with Crippen LogP contribution in [-0.2, 0) is 21.5 Å². The minimum Gasteiger partial charge on any atom is -0.494 e. The number of ketones is 1. The molecule has 6 rings (SSSR count). The molecule has 1 aliphatic heterocycles. The number of fused-ring (bicyclic) bond motifs is 1. The van der Waals surface area contributed by atoms with Gasteiger partial charge in [-0.05, 0) is 67.9 Å². The molecule has 0 spiro atoms. The number of ether oxygens (including phenoxy) is 3. The van der Waals surface area contributed by atoms with Gasteiger partial charge in [0.15, 0.2) is 11.4 Å². The van der Waals surface area contributed by atoms with Crippen molar-refractivity contribution in [2.45, 2.75) is 109 Å². The van der Waals surface area contributed by atoms with E-state index in [0.717, 1.165) is 68.6 Å². The number of carboxylic acids is 1. The van der Waals surface area contributed by atoms with Crippen molar-refractivity contribution >= 4 is 23.1 Å². The molecule has 0 bridgehead atoms. The predicted octanol–water partition coefficient (Wildman–Crippen LogP) is 5.99. The highest BCUT2D eigenvalue weighted by Gasteiger charge is 2.40. The van der Waals surface area contributed by atoms with Gasteiger partial charge in [0.1, 0.15) is 12.3 Å². The van der Waals surface area contributed by atoms with E-state index in [4.69, 9.17) is 39.7 Å². The summed E-state index contributed by atoms with van der Waals surface area (Å²) in [5.41, 5.74) is 5.36. The molecular weight excluding hydrogens is 657 g/mol. The van der Waals surface area contributed by atoms with Crippen LogP contribution in [0.15, 0.2) is 12.1 Å². The molecular formula is C35H47F3N6O6. The maximum atomic E-state index is 14.0. The first kappa shape index (κ1) is 37.1. The highest BCUT2D eigenvalue weighted by atomic mass is 19.4. The van der Waals surface area contributed by atoms with Crippen LogP contribution in [0.2, 0.25) is 0 Å². The molecule has 3 fully saturated rings. The number of alkyl halides is 3. The molecule has 2 saturated carbocycles. The standard InChI is InChI=1S/C33H46N6O4.C2HF3O2/c1-7-23(8-2)43-31-28(21-11-12-21)27(20-9-10-20)30-35-38(32(34)39(30)36-31)19-26(40)22-17-24(33(3,4)5)29(41-6)25(18-22)37-13-15-42-16-14-37;3-2(4,5)1(6)7/h17-18,20-21,23,34H,7-16,19H2,1-6H3;(H,6,7). The third kappa shape index (κ3) is 8.08. The van der Waals surface area contributed by atoms with Gasteiger partial charge in [0.25, 0.3) is 0 Å². The molecule has 0 radical (unpaired) electrons. The SMILES string of the molecule is CCC(CC)Oc1nn2c(=N)n(CC(=O)c3cc(N4CCOCC4)c(OC)c(C(C)(C)C)c3)nc2c(C2CC2)c1C1CC1.O=C(O)C(F)(F)F. The van der Waals surface area contributed by atoms with E-state index in [1.54, 1.807) is 11.6 Å². The van der Waals surface area contributed by atoms with Gasteiger partial charge in [0.05, 0.1) is 32.1 Å². The lowest BCUT2D eigenvalue weighted by atomic mass is 9.84. The van der Waals surface area contributed by atoms with Crippen LogP contribution >= 0.6 is 0 Å². The summed E-state index contributed by atoms with van der Waals surface area (Å²) < 4.78 is 52.8. The molecule has 2 aromatic heterocycles. The smallest absolute Gasteiger partial charge is 0.490 e. The summed E-state index contributed by atoms with van der Waals surface area (Å²) in [7, 11) is 1.69. The summed E-state index contributed by atoms with van der Waals surface area (Å²) >= 11 is 0. The number of nitrogens with one attached hydrogen (secondary N) is 1. The number of carbonyl (C=O) groups excluding carboxylic acids is 1. The van der Waals surface area contributed by atoms with E-state index in [2.05, 4.69) is 39.5 Å². The number of aromatic nitrogens is 4. The lowest BCUT2D eigenvalue weighted by Gasteiger charge is -2.33. The first-order chi connectivity index (χ1) is 23.6. The Morgan fingerprint density at radius 1 is 1.02 bits per heavy atom. The van der Waals surface area contributed by atoms with Crippen molar-refractivity contribution in [1.29, 1.82) is 5.41 Å². The molecule has 3 aliphatic rings. The second-order valence-electron chi connectivity index (χ2n) is 14.1. The molecule has 0 unspecified atom stereocenters. The van der Waals surface area contributed by atoms with Gasteiger partial charge in [-0.1, -0.05) is 34.6 Å². The number of carboxylic acid groups (broad SMARTS) is 1. The van der Waals surface area contributed by atoms with E-state index in [-0.39, 0.29) is 29.5 Å². The second-order valence-corrected chi connectivity index (χ2v) is 14.1. The molecule has 2 N–H and O–H groups in total. The number of benzene rings is 1. The molecule has 12 nitrogen and oxygen atoms in total. The number of hydrogen-bond acceptors (Lipinski definition) is 9. The maximum Gasteiger partial charge on any atom is 0.490 e. The van der Waals surface area contributed by atoms with E-state index in [1.807, 2.05) is 12.1 Å². The summed E-state index contributed by atoms with van der Waals surface area (Å²) in [5, 5.41) is 25.9. The predicted molar refractivity (Wildman–Crippen MR) is 179 cm³/mol. The molecule has 0 amide bonds. The summed E-state index contributed by atoms with van der Waals surface area (Å²) in [5.74, 6) is -0.574. The number of anilines is 1. The van der Waals surface area contributed by atoms with Crippen molar-refractivity contribution < 1.29 is 42.1 Å². The topological polar surface area (TPSA) is 144 Å². The summed E-state index contributed by atoms with van der Waals surface area (Å²) in [6.45, 7) is 13.3. The first-order valence-electron chi connectivity index (χ1n) is 17.2. The molecule has 274 valence electrons. The number of aliphatic carboxylic acids is 1. The van der Waals surface area contributed by atoms with Gasteiger partial charge in [-0.3, -0.25) is 10.2 Å². The monoisotopic (exact) mass is 704 g/mol. The lowest BCUT2D eigenvalue weighted by molar-refractivity contribution is -0.192. The Morgan fingerprint density at radius 2 is 1.60 bits per heavy atom. The highest BCUT2D eigenvalue weighted by molar-refractivity contribution is 5.98. The van der Waals surface area contributed by atoms with Crippen LogP contribution in [0, 0.1) is 5.41 Å². The normalized spacial score (nSPS) is 16.7. The number of Topliss-reactive ketones (excluding diaryl/α,β-unsaturated/α-hetero) is 1. The number of methoxy groups -OCH3 is 1. The lowest BCUT2D eigenvalue weighted by Crippen LogP contribution is -2.37. The van der Waals surface area contributed by atoms with Crippen LogP contribution in [0.5, 0.6) is 11.6 Å². The molecule has 2 aliphatic carbocycles. The summed E-state index contributed by atoms with van der Waals surface area (Å²) in [6.07, 6.45) is 1.26. The minimum atomic E-state index is -5.08. The van der Waals surface area contributed by atoms with Crippen LogP contribution in [-0.4, -0.2) is 81.9 Å². The molecule has 15 heteroatoms. The Balaban J connectivity index is 0.000000630. The molecule has 1 aromatic carbocycles. The first-order valence-corrected chi connectivity index (χ1v) is 17.2. The van der Waals surface area contributed by atoms with E-state index in [1.165, 1.54) is 15.8 Å². The summed E-state index contributed by atoms with van der Waals surface area (Å²) in [6, 6.07) is 3.88. The van der Waals surface area contributed by atoms with Gasteiger partial charge in [-0.25, -0.2) is 9.48 Å². The van der Waals surface area contributed by atoms with Gasteiger partial charge >= 0.3 is 12.1 Å². The van der Waals surface area contributed by atoms with Gasteiger partial charge < -0.3 is 24.2 Å².